The second-order valence-electron chi connectivity index (χ2n) is 3.27. The Labute approximate surface area is 100 Å². The Kier molecular flexibility index (Phi) is 4.36. The number of nitrogen functional groups attached to an aromatic ring is 1. The minimum Gasteiger partial charge on any atom is -0.398 e. The van der Waals surface area contributed by atoms with Gasteiger partial charge in [0.1, 0.15) is 13.2 Å². The lowest BCUT2D eigenvalue weighted by molar-refractivity contribution is -0.170. The lowest BCUT2D eigenvalue weighted by Crippen LogP contribution is -2.20. The van der Waals surface area contributed by atoms with Crippen molar-refractivity contribution in [3.8, 4) is 0 Å². The molecule has 0 aromatic heterocycles. The van der Waals surface area contributed by atoms with E-state index >= 15 is 0 Å². The van der Waals surface area contributed by atoms with E-state index < -0.39 is 25.2 Å². The summed E-state index contributed by atoms with van der Waals surface area (Å²) in [6.07, 6.45) is -4.45. The quantitative estimate of drug-likeness (QED) is 0.674. The Morgan fingerprint density at radius 2 is 2.06 bits per heavy atom. The van der Waals surface area contributed by atoms with Crippen molar-refractivity contribution in [2.24, 2.45) is 0 Å². The van der Waals surface area contributed by atoms with Gasteiger partial charge in [0.25, 0.3) is 0 Å². The fraction of sp³-hybridized carbons (Fsp3) is 0.300. The number of benzene rings is 1. The molecule has 17 heavy (non-hydrogen) atoms. The summed E-state index contributed by atoms with van der Waals surface area (Å²) in [7, 11) is 0. The molecule has 0 spiro atoms. The minimum absolute atomic E-state index is 0.159. The second-order valence-corrected chi connectivity index (χ2v) is 3.67. The van der Waals surface area contributed by atoms with Gasteiger partial charge in [0, 0.05) is 5.56 Å². The average molecular weight is 268 g/mol. The number of rotatable bonds is 4. The maximum absolute atomic E-state index is 11.8. The Hall–Kier alpha value is -1.27. The summed E-state index contributed by atoms with van der Waals surface area (Å²) in [5, 5.41) is 0.173. The first-order chi connectivity index (χ1) is 7.79. The predicted molar refractivity (Wildman–Crippen MR) is 57.1 cm³/mol. The van der Waals surface area contributed by atoms with Crippen LogP contribution in [0.15, 0.2) is 18.2 Å². The molecule has 0 aliphatic heterocycles. The molecule has 0 aliphatic rings. The number of Topliss-reactive ketones (excluding diaryl/α,β-unsaturated/α-hetero) is 1. The molecule has 1 rings (SSSR count). The van der Waals surface area contributed by atoms with Gasteiger partial charge in [0.05, 0.1) is 10.7 Å². The van der Waals surface area contributed by atoms with Gasteiger partial charge in [0.2, 0.25) is 0 Å². The van der Waals surface area contributed by atoms with E-state index in [1.807, 2.05) is 0 Å². The van der Waals surface area contributed by atoms with Crippen LogP contribution >= 0.6 is 11.6 Å². The summed E-state index contributed by atoms with van der Waals surface area (Å²) in [6.45, 7) is -2.11. The first-order valence-corrected chi connectivity index (χ1v) is 4.90. The van der Waals surface area contributed by atoms with E-state index in [9.17, 15) is 18.0 Å². The predicted octanol–water partition coefficient (Wildman–Crippen LogP) is 2.68. The SMILES string of the molecule is Nc1ccc(C(=O)COCC(F)(F)F)cc1Cl. The Balaban J connectivity index is 2.56. The van der Waals surface area contributed by atoms with Crippen LogP contribution in [0.2, 0.25) is 5.02 Å². The fourth-order valence-corrected chi connectivity index (χ4v) is 1.22. The van der Waals surface area contributed by atoms with Gasteiger partial charge in [-0.3, -0.25) is 4.79 Å². The van der Waals surface area contributed by atoms with Crippen molar-refractivity contribution in [3.05, 3.63) is 28.8 Å². The van der Waals surface area contributed by atoms with Crippen molar-refractivity contribution in [1.82, 2.24) is 0 Å². The van der Waals surface area contributed by atoms with Gasteiger partial charge < -0.3 is 10.5 Å². The zero-order valence-corrected chi connectivity index (χ0v) is 9.31. The van der Waals surface area contributed by atoms with Crippen LogP contribution in [0.25, 0.3) is 0 Å². The van der Waals surface area contributed by atoms with Crippen LogP contribution in [0.4, 0.5) is 18.9 Å². The molecule has 1 aromatic carbocycles. The number of hydrogen-bond acceptors (Lipinski definition) is 3. The minimum atomic E-state index is -4.45. The number of carbonyl (C=O) groups excluding carboxylic acids is 1. The van der Waals surface area contributed by atoms with Crippen LogP contribution in [-0.2, 0) is 4.74 Å². The van der Waals surface area contributed by atoms with E-state index in [0.29, 0.717) is 5.69 Å². The molecule has 0 aliphatic carbocycles. The van der Waals surface area contributed by atoms with Crippen LogP contribution in [0.3, 0.4) is 0 Å². The van der Waals surface area contributed by atoms with Crippen molar-refractivity contribution in [2.45, 2.75) is 6.18 Å². The molecule has 0 bridgehead atoms. The zero-order chi connectivity index (χ0) is 13.1. The average Bonchev–Trinajstić information content (AvgIpc) is 2.20. The summed E-state index contributed by atoms with van der Waals surface area (Å²) in [6, 6.07) is 4.07. The van der Waals surface area contributed by atoms with Crippen LogP contribution in [-0.4, -0.2) is 25.2 Å². The van der Waals surface area contributed by atoms with Crippen LogP contribution in [0, 0.1) is 0 Å². The topological polar surface area (TPSA) is 52.3 Å². The summed E-state index contributed by atoms with van der Waals surface area (Å²) in [4.78, 5) is 11.4. The number of halogens is 4. The first-order valence-electron chi connectivity index (χ1n) is 4.52. The number of ketones is 1. The third-order valence-corrected chi connectivity index (χ3v) is 2.15. The van der Waals surface area contributed by atoms with E-state index in [0.717, 1.165) is 0 Å². The molecule has 0 saturated heterocycles. The highest BCUT2D eigenvalue weighted by atomic mass is 35.5. The third-order valence-electron chi connectivity index (χ3n) is 1.82. The number of ether oxygens (including phenoxy) is 1. The molecule has 94 valence electrons. The van der Waals surface area contributed by atoms with E-state index in [4.69, 9.17) is 17.3 Å². The summed E-state index contributed by atoms with van der Waals surface area (Å²) in [5.74, 6) is -0.587. The standard InChI is InChI=1S/C10H9ClF3NO2/c11-7-3-6(1-2-8(7)15)9(16)4-17-5-10(12,13)14/h1-3H,4-5,15H2. The third kappa shape index (κ3) is 4.62. The lowest BCUT2D eigenvalue weighted by Gasteiger charge is -2.07. The van der Waals surface area contributed by atoms with Crippen molar-refractivity contribution >= 4 is 23.1 Å². The maximum atomic E-state index is 11.8. The number of nitrogens with two attached hydrogens (primary N) is 1. The van der Waals surface area contributed by atoms with Gasteiger partial charge in [-0.2, -0.15) is 13.2 Å². The van der Waals surface area contributed by atoms with Crippen LogP contribution in [0.5, 0.6) is 0 Å². The van der Waals surface area contributed by atoms with Crippen LogP contribution in [0.1, 0.15) is 10.4 Å². The molecule has 0 fully saturated rings. The Morgan fingerprint density at radius 3 is 2.59 bits per heavy atom. The highest BCUT2D eigenvalue weighted by Crippen LogP contribution is 2.20. The Bertz CT molecular complexity index is 421. The summed E-state index contributed by atoms with van der Waals surface area (Å²) in [5.41, 5.74) is 5.87. The zero-order valence-electron chi connectivity index (χ0n) is 8.55. The van der Waals surface area contributed by atoms with Gasteiger partial charge >= 0.3 is 6.18 Å². The monoisotopic (exact) mass is 267 g/mol. The highest BCUT2D eigenvalue weighted by Gasteiger charge is 2.27. The maximum Gasteiger partial charge on any atom is 0.411 e. The molecule has 0 saturated carbocycles. The van der Waals surface area contributed by atoms with Gasteiger partial charge in [0.15, 0.2) is 5.78 Å². The van der Waals surface area contributed by atoms with Gasteiger partial charge in [-0.25, -0.2) is 0 Å². The molecule has 1 aromatic rings. The van der Waals surface area contributed by atoms with Crippen molar-refractivity contribution in [3.63, 3.8) is 0 Å². The number of carbonyl (C=O) groups is 1. The van der Waals surface area contributed by atoms with Crippen molar-refractivity contribution in [2.75, 3.05) is 18.9 Å². The molecular formula is C10H9ClF3NO2. The van der Waals surface area contributed by atoms with E-state index in [-0.39, 0.29) is 10.6 Å². The normalized spacial score (nSPS) is 11.5. The molecular weight excluding hydrogens is 259 g/mol. The highest BCUT2D eigenvalue weighted by molar-refractivity contribution is 6.33. The first kappa shape index (κ1) is 13.8. The molecule has 0 unspecified atom stereocenters. The van der Waals surface area contributed by atoms with E-state index in [1.54, 1.807) is 0 Å². The number of anilines is 1. The second kappa shape index (κ2) is 5.37. The molecule has 0 radical (unpaired) electrons. The summed E-state index contributed by atoms with van der Waals surface area (Å²) < 4.78 is 39.5. The molecule has 0 atom stereocenters. The van der Waals surface area contributed by atoms with Crippen molar-refractivity contribution < 1.29 is 22.7 Å². The largest absolute Gasteiger partial charge is 0.411 e. The lowest BCUT2D eigenvalue weighted by atomic mass is 10.1. The number of hydrogen-bond donors (Lipinski definition) is 1. The smallest absolute Gasteiger partial charge is 0.398 e. The fourth-order valence-electron chi connectivity index (χ4n) is 1.04. The van der Waals surface area contributed by atoms with E-state index in [2.05, 4.69) is 4.74 Å². The molecule has 2 N–H and O–H groups in total. The van der Waals surface area contributed by atoms with Gasteiger partial charge in [-0.15, -0.1) is 0 Å². The number of alkyl halides is 3. The Morgan fingerprint density at radius 1 is 1.41 bits per heavy atom. The van der Waals surface area contributed by atoms with E-state index in [1.165, 1.54) is 18.2 Å². The van der Waals surface area contributed by atoms with Gasteiger partial charge in [-0.1, -0.05) is 11.6 Å². The molecule has 0 heterocycles. The van der Waals surface area contributed by atoms with Crippen LogP contribution < -0.4 is 5.73 Å². The van der Waals surface area contributed by atoms with Gasteiger partial charge in [-0.05, 0) is 18.2 Å². The molecule has 0 amide bonds. The molecule has 3 nitrogen and oxygen atoms in total. The summed E-state index contributed by atoms with van der Waals surface area (Å²) >= 11 is 5.67. The van der Waals surface area contributed by atoms with Crippen molar-refractivity contribution in [1.29, 1.82) is 0 Å². The molecule has 7 heteroatoms.